The molecule has 0 aliphatic carbocycles. The standard InChI is InChI=1S/C7H8O.C4H8.C3H8O3.3C2H4/c1-2-4-7-5-3-6-8-7;1-3-4-2;4-1-3(6)2-5;3*1-2/h2-3,5-6H,1,4H2;3H,1,4H2,2H3;3-6H,1-2H2;3*1-2H2. The van der Waals surface area contributed by atoms with Gasteiger partial charge in [-0.1, -0.05) is 19.1 Å². The van der Waals surface area contributed by atoms with E-state index in [1.54, 1.807) is 6.26 Å². The van der Waals surface area contributed by atoms with Crippen molar-refractivity contribution in [2.75, 3.05) is 13.2 Å². The number of rotatable bonds is 5. The summed E-state index contributed by atoms with van der Waals surface area (Å²) < 4.78 is 5.00. The molecule has 0 aliphatic heterocycles. The predicted molar refractivity (Wildman–Crippen MR) is 107 cm³/mol. The fraction of sp³-hybridized carbons (Fsp3) is 0.300. The zero-order chi connectivity index (χ0) is 20.2. The molecule has 24 heavy (non-hydrogen) atoms. The van der Waals surface area contributed by atoms with Gasteiger partial charge in [-0.2, -0.15) is 0 Å². The molecule has 0 aromatic carbocycles. The maximum atomic E-state index is 8.17. The summed E-state index contributed by atoms with van der Waals surface area (Å²) in [5, 5.41) is 24.0. The molecule has 4 heteroatoms. The molecule has 4 nitrogen and oxygen atoms in total. The average Bonchev–Trinajstić information content (AvgIpc) is 3.20. The monoisotopic (exact) mass is 340 g/mol. The van der Waals surface area contributed by atoms with Crippen molar-refractivity contribution in [3.05, 3.63) is 88.9 Å². The molecule has 0 bridgehead atoms. The number of furan rings is 1. The van der Waals surface area contributed by atoms with Crippen LogP contribution in [0.4, 0.5) is 0 Å². The van der Waals surface area contributed by atoms with E-state index in [9.17, 15) is 0 Å². The van der Waals surface area contributed by atoms with Crippen LogP contribution in [0.25, 0.3) is 0 Å². The van der Waals surface area contributed by atoms with Crippen LogP contribution in [0.15, 0.2) is 87.6 Å². The normalized spacial score (nSPS) is 7.04. The van der Waals surface area contributed by atoms with Gasteiger partial charge in [0, 0.05) is 6.42 Å². The van der Waals surface area contributed by atoms with Crippen LogP contribution in [0.2, 0.25) is 0 Å². The van der Waals surface area contributed by atoms with Crippen LogP contribution in [0, 0.1) is 0 Å². The van der Waals surface area contributed by atoms with Crippen LogP contribution < -0.4 is 0 Å². The Labute approximate surface area is 148 Å². The lowest BCUT2D eigenvalue weighted by atomic mass is 10.3. The average molecular weight is 341 g/mol. The molecule has 0 saturated carbocycles. The Morgan fingerprint density at radius 2 is 1.42 bits per heavy atom. The molecular formula is C20H36O4. The maximum absolute atomic E-state index is 8.17. The Hall–Kier alpha value is -2.14. The molecule has 1 heterocycles. The zero-order valence-corrected chi connectivity index (χ0v) is 15.2. The van der Waals surface area contributed by atoms with E-state index in [1.807, 2.05) is 24.3 Å². The first-order valence-electron chi connectivity index (χ1n) is 7.30. The van der Waals surface area contributed by atoms with E-state index >= 15 is 0 Å². The van der Waals surface area contributed by atoms with Crippen molar-refractivity contribution in [3.8, 4) is 0 Å². The van der Waals surface area contributed by atoms with Crippen LogP contribution in [-0.2, 0) is 6.42 Å². The molecule has 1 aromatic heterocycles. The summed E-state index contributed by atoms with van der Waals surface area (Å²) in [7, 11) is 0. The summed E-state index contributed by atoms with van der Waals surface area (Å²) in [6, 6.07) is 3.81. The van der Waals surface area contributed by atoms with E-state index in [1.165, 1.54) is 0 Å². The maximum Gasteiger partial charge on any atom is 0.107 e. The summed E-state index contributed by atoms with van der Waals surface area (Å²) in [5.41, 5.74) is 0. The van der Waals surface area contributed by atoms with E-state index in [4.69, 9.17) is 19.7 Å². The fourth-order valence-electron chi connectivity index (χ4n) is 0.629. The summed E-state index contributed by atoms with van der Waals surface area (Å²) in [6.07, 6.45) is 6.31. The first kappa shape index (κ1) is 33.5. The molecule has 3 N–H and O–H groups in total. The molecule has 0 spiro atoms. The molecular weight excluding hydrogens is 304 g/mol. The minimum atomic E-state index is -0.954. The van der Waals surface area contributed by atoms with E-state index in [0.29, 0.717) is 0 Å². The van der Waals surface area contributed by atoms with Gasteiger partial charge in [0.05, 0.1) is 19.5 Å². The van der Waals surface area contributed by atoms with Gasteiger partial charge in [0.1, 0.15) is 11.9 Å². The van der Waals surface area contributed by atoms with Crippen molar-refractivity contribution in [1.29, 1.82) is 0 Å². The third-order valence-electron chi connectivity index (χ3n) is 1.64. The van der Waals surface area contributed by atoms with Gasteiger partial charge in [-0.15, -0.1) is 52.6 Å². The second kappa shape index (κ2) is 42.8. The van der Waals surface area contributed by atoms with Gasteiger partial charge in [0.15, 0.2) is 0 Å². The van der Waals surface area contributed by atoms with Crippen LogP contribution in [0.1, 0.15) is 19.1 Å². The summed E-state index contributed by atoms with van der Waals surface area (Å²) in [5.74, 6) is 0.972. The topological polar surface area (TPSA) is 73.8 Å². The van der Waals surface area contributed by atoms with Gasteiger partial charge < -0.3 is 19.7 Å². The first-order valence-corrected chi connectivity index (χ1v) is 7.30. The third-order valence-corrected chi connectivity index (χ3v) is 1.64. The largest absolute Gasteiger partial charge is 0.469 e. The number of allylic oxidation sites excluding steroid dienone is 2. The Morgan fingerprint density at radius 1 is 1.00 bits per heavy atom. The van der Waals surface area contributed by atoms with Crippen molar-refractivity contribution in [1.82, 2.24) is 0 Å². The van der Waals surface area contributed by atoms with Gasteiger partial charge in [0.25, 0.3) is 0 Å². The Balaban J connectivity index is -0.0000000674. The molecule has 1 aromatic rings. The molecule has 0 atom stereocenters. The predicted octanol–water partition coefficient (Wildman–Crippen LogP) is 4.33. The summed E-state index contributed by atoms with van der Waals surface area (Å²) in [6.45, 7) is 26.4. The van der Waals surface area contributed by atoms with E-state index in [2.05, 4.69) is 59.6 Å². The number of aliphatic hydroxyl groups excluding tert-OH is 3. The number of hydrogen-bond acceptors (Lipinski definition) is 4. The highest BCUT2D eigenvalue weighted by Crippen LogP contribution is 1.99. The van der Waals surface area contributed by atoms with Gasteiger partial charge in [0.2, 0.25) is 0 Å². The lowest BCUT2D eigenvalue weighted by Crippen LogP contribution is -2.15. The minimum absolute atomic E-state index is 0.365. The highest BCUT2D eigenvalue weighted by atomic mass is 16.3. The molecule has 0 radical (unpaired) electrons. The van der Waals surface area contributed by atoms with Crippen LogP contribution in [-0.4, -0.2) is 34.6 Å². The molecule has 0 unspecified atom stereocenters. The number of hydrogen-bond donors (Lipinski definition) is 3. The first-order chi connectivity index (χ1) is 11.7. The molecule has 0 amide bonds. The third kappa shape index (κ3) is 42.7. The number of aliphatic hydroxyl groups is 3. The Morgan fingerprint density at radius 3 is 1.58 bits per heavy atom. The van der Waals surface area contributed by atoms with Crippen molar-refractivity contribution >= 4 is 0 Å². The van der Waals surface area contributed by atoms with Crippen molar-refractivity contribution in [2.24, 2.45) is 0 Å². The second-order valence-corrected chi connectivity index (χ2v) is 3.29. The van der Waals surface area contributed by atoms with E-state index in [-0.39, 0.29) is 13.2 Å². The Bertz CT molecular complexity index is 299. The van der Waals surface area contributed by atoms with Gasteiger partial charge in [-0.3, -0.25) is 0 Å². The quantitative estimate of drug-likeness (QED) is 0.698. The Kier molecular flexibility index (Phi) is 59.7. The van der Waals surface area contributed by atoms with Crippen LogP contribution >= 0.6 is 0 Å². The SMILES string of the molecule is C=C.C=C.C=C.C=CCC.C=CCc1ccco1.OCC(O)CO. The highest BCUT2D eigenvalue weighted by molar-refractivity contribution is 5.01. The smallest absolute Gasteiger partial charge is 0.107 e. The molecule has 0 saturated heterocycles. The van der Waals surface area contributed by atoms with Crippen molar-refractivity contribution < 1.29 is 19.7 Å². The minimum Gasteiger partial charge on any atom is -0.469 e. The van der Waals surface area contributed by atoms with Gasteiger partial charge >= 0.3 is 0 Å². The highest BCUT2D eigenvalue weighted by Gasteiger charge is 1.93. The van der Waals surface area contributed by atoms with Crippen molar-refractivity contribution in [3.63, 3.8) is 0 Å². The molecule has 0 aliphatic rings. The lowest BCUT2D eigenvalue weighted by Gasteiger charge is -1.96. The summed E-state index contributed by atoms with van der Waals surface area (Å²) >= 11 is 0. The molecule has 0 fully saturated rings. The molecule has 1 rings (SSSR count). The van der Waals surface area contributed by atoms with Crippen LogP contribution in [0.3, 0.4) is 0 Å². The molecule has 140 valence electrons. The lowest BCUT2D eigenvalue weighted by molar-refractivity contribution is 0.0450. The van der Waals surface area contributed by atoms with Crippen molar-refractivity contribution in [2.45, 2.75) is 25.9 Å². The van der Waals surface area contributed by atoms with Crippen LogP contribution in [0.5, 0.6) is 0 Å². The fourth-order valence-corrected chi connectivity index (χ4v) is 0.629. The zero-order valence-electron chi connectivity index (χ0n) is 15.2. The second-order valence-electron chi connectivity index (χ2n) is 3.29. The van der Waals surface area contributed by atoms with Gasteiger partial charge in [-0.25, -0.2) is 0 Å². The van der Waals surface area contributed by atoms with Gasteiger partial charge in [-0.05, 0) is 18.6 Å². The summed E-state index contributed by atoms with van der Waals surface area (Å²) in [4.78, 5) is 0. The van der Waals surface area contributed by atoms with E-state index in [0.717, 1.165) is 18.6 Å². The van der Waals surface area contributed by atoms with E-state index < -0.39 is 6.10 Å².